The summed E-state index contributed by atoms with van der Waals surface area (Å²) in [5.74, 6) is 1.31. The molecule has 0 bridgehead atoms. The molecule has 1 atom stereocenters. The summed E-state index contributed by atoms with van der Waals surface area (Å²) in [7, 11) is 1.97. The molecule has 0 aliphatic carbocycles. The van der Waals surface area contributed by atoms with Gasteiger partial charge in [-0.1, -0.05) is 6.07 Å². The number of primary amides is 1. The van der Waals surface area contributed by atoms with Crippen LogP contribution in [0.2, 0.25) is 0 Å². The van der Waals surface area contributed by atoms with E-state index < -0.39 is 12.1 Å². The molecule has 256 valence electrons. The molecular weight excluding hydrogens is 608 g/mol. The zero-order valence-corrected chi connectivity index (χ0v) is 27.5. The molecule has 4 rings (SSSR count). The van der Waals surface area contributed by atoms with Crippen molar-refractivity contribution < 1.29 is 28.9 Å². The third-order valence-corrected chi connectivity index (χ3v) is 7.62. The second-order valence-corrected chi connectivity index (χ2v) is 11.2. The van der Waals surface area contributed by atoms with Crippen LogP contribution in [0.15, 0.2) is 30.6 Å². The average molecular weight is 655 g/mol. The number of aromatic nitrogens is 5. The molecule has 1 aliphatic heterocycles. The van der Waals surface area contributed by atoms with Crippen molar-refractivity contribution in [2.24, 2.45) is 5.73 Å². The zero-order valence-electron chi connectivity index (χ0n) is 27.5. The van der Waals surface area contributed by atoms with Crippen molar-refractivity contribution in [2.45, 2.75) is 52.7 Å². The van der Waals surface area contributed by atoms with Crippen LogP contribution in [0.5, 0.6) is 0 Å². The Balaban J connectivity index is 1.31. The number of nitrogens with zero attached hydrogens (tertiary/aromatic N) is 7. The quantitative estimate of drug-likeness (QED) is 0.122. The summed E-state index contributed by atoms with van der Waals surface area (Å²) in [5, 5.41) is 25.8. The van der Waals surface area contributed by atoms with E-state index in [0.717, 1.165) is 22.6 Å². The lowest BCUT2D eigenvalue weighted by molar-refractivity contribution is -0.123. The van der Waals surface area contributed by atoms with E-state index in [9.17, 15) is 14.7 Å². The topological polar surface area (TPSA) is 195 Å². The predicted octanol–water partition coefficient (Wildman–Crippen LogP) is 0.352. The molecule has 3 aromatic rings. The van der Waals surface area contributed by atoms with Gasteiger partial charge in [-0.2, -0.15) is 0 Å². The Bertz CT molecular complexity index is 1470. The third kappa shape index (κ3) is 9.89. The molecule has 47 heavy (non-hydrogen) atoms. The maximum Gasteiger partial charge on any atom is 0.243 e. The Morgan fingerprint density at radius 3 is 2.60 bits per heavy atom. The summed E-state index contributed by atoms with van der Waals surface area (Å²) in [6.07, 6.45) is 0.742. The first-order chi connectivity index (χ1) is 22.7. The Labute approximate surface area is 274 Å². The van der Waals surface area contributed by atoms with Crippen molar-refractivity contribution in [2.75, 3.05) is 69.6 Å². The van der Waals surface area contributed by atoms with Crippen LogP contribution in [-0.4, -0.2) is 107 Å². The summed E-state index contributed by atoms with van der Waals surface area (Å²) in [4.78, 5) is 36.7. The lowest BCUT2D eigenvalue weighted by Crippen LogP contribution is -2.36. The van der Waals surface area contributed by atoms with E-state index in [-0.39, 0.29) is 31.7 Å². The number of aliphatic hydroxyl groups excluding tert-OH is 1. The van der Waals surface area contributed by atoms with E-state index in [4.69, 9.17) is 29.9 Å². The van der Waals surface area contributed by atoms with Gasteiger partial charge in [0.05, 0.1) is 45.3 Å². The number of carbonyl (C=O) groups excluding carboxylic acids is 2. The van der Waals surface area contributed by atoms with Crippen molar-refractivity contribution in [1.29, 1.82) is 0 Å². The third-order valence-electron chi connectivity index (χ3n) is 7.62. The minimum atomic E-state index is -0.929. The number of aryl methyl sites for hydroxylation is 1. The first kappa shape index (κ1) is 35.6. The molecule has 1 aliphatic rings. The molecule has 0 fully saturated rings. The number of fused-ring (bicyclic) bond motifs is 1. The fraction of sp³-hybridized carbons (Fsp3) is 0.548. The molecule has 0 saturated carbocycles. The van der Waals surface area contributed by atoms with Crippen LogP contribution in [0.3, 0.4) is 0 Å². The van der Waals surface area contributed by atoms with Gasteiger partial charge in [-0.05, 0) is 39.0 Å². The Morgan fingerprint density at radius 1 is 1.13 bits per heavy atom. The monoisotopic (exact) mass is 654 g/mol. The van der Waals surface area contributed by atoms with Crippen LogP contribution in [0.25, 0.3) is 11.5 Å². The highest BCUT2D eigenvalue weighted by atomic mass is 16.5. The van der Waals surface area contributed by atoms with E-state index in [2.05, 4.69) is 34.7 Å². The van der Waals surface area contributed by atoms with Gasteiger partial charge in [-0.3, -0.25) is 9.59 Å². The van der Waals surface area contributed by atoms with Gasteiger partial charge in [0.25, 0.3) is 0 Å². The molecule has 1 unspecified atom stereocenters. The maximum atomic E-state index is 12.5. The molecule has 2 amide bonds. The number of ether oxygens (including phenoxy) is 3. The number of amides is 2. The summed E-state index contributed by atoms with van der Waals surface area (Å²) in [6, 6.07) is 7.75. The second kappa shape index (κ2) is 17.6. The Kier molecular flexibility index (Phi) is 13.4. The van der Waals surface area contributed by atoms with Crippen molar-refractivity contribution in [1.82, 2.24) is 35.4 Å². The molecule has 0 radical (unpaired) electrons. The summed E-state index contributed by atoms with van der Waals surface area (Å²) in [5.41, 5.74) is 8.06. The van der Waals surface area contributed by atoms with E-state index in [1.807, 2.05) is 52.6 Å². The first-order valence-electron chi connectivity index (χ1n) is 15.7. The fourth-order valence-corrected chi connectivity index (χ4v) is 4.89. The number of carbonyl (C=O) groups is 2. The van der Waals surface area contributed by atoms with Crippen LogP contribution < -0.4 is 26.2 Å². The number of nitrogens with two attached hydrogens (primary N) is 1. The molecule has 4 heterocycles. The van der Waals surface area contributed by atoms with Gasteiger partial charge >= 0.3 is 0 Å². The summed E-state index contributed by atoms with van der Waals surface area (Å²) in [6.45, 7) is 9.60. The van der Waals surface area contributed by atoms with Crippen molar-refractivity contribution in [3.05, 3.63) is 47.4 Å². The number of anilines is 2. The van der Waals surface area contributed by atoms with E-state index in [0.29, 0.717) is 69.9 Å². The number of pyridine rings is 2. The molecule has 5 N–H and O–H groups in total. The van der Waals surface area contributed by atoms with Crippen molar-refractivity contribution >= 4 is 23.5 Å². The van der Waals surface area contributed by atoms with Crippen LogP contribution in [-0.2, 0) is 43.4 Å². The molecular formula is C31H46N10O6. The minimum Gasteiger partial charge on any atom is -0.377 e. The van der Waals surface area contributed by atoms with Gasteiger partial charge < -0.3 is 50.1 Å². The molecule has 0 saturated heterocycles. The minimum absolute atomic E-state index is 0.0864. The number of hydrogen-bond donors (Lipinski definition) is 4. The largest absolute Gasteiger partial charge is 0.377 e. The number of nitrogens with one attached hydrogen (secondary N) is 2. The van der Waals surface area contributed by atoms with Crippen LogP contribution in [0.4, 0.5) is 11.6 Å². The van der Waals surface area contributed by atoms with Crippen LogP contribution in [0, 0.1) is 0 Å². The summed E-state index contributed by atoms with van der Waals surface area (Å²) >= 11 is 0. The van der Waals surface area contributed by atoms with Gasteiger partial charge in [-0.25, -0.2) is 9.97 Å². The molecule has 0 spiro atoms. The van der Waals surface area contributed by atoms with E-state index >= 15 is 0 Å². The normalized spacial score (nSPS) is 14.1. The Hall–Kier alpha value is -4.22. The lowest BCUT2D eigenvalue weighted by Gasteiger charge is -2.25. The molecule has 16 nitrogen and oxygen atoms in total. The molecule has 0 aromatic carbocycles. The standard InChI is InChI=1S/C31H46N10O6/c1-5-40-20-35-38-30(40)24-7-6-8-27(36-24)41-18-23-22(31(41)44)15-28(39(4)21(2)3)37-25(23)16-33-17-29(43)34-9-10-45-11-12-46-13-14-47-19-26(32)42/h6-8,15,20-21,31,33,44H,5,9-14,16-19H2,1-4H3,(H2,32,42)(H,34,43). The van der Waals surface area contributed by atoms with Gasteiger partial charge in [0.15, 0.2) is 12.1 Å². The average Bonchev–Trinajstić information content (AvgIpc) is 3.67. The highest BCUT2D eigenvalue weighted by molar-refractivity contribution is 5.78. The SMILES string of the molecule is CCn1cnnc1-c1cccc(N2Cc3c(cc(N(C)C(C)C)nc3CNCC(=O)NCCOCCOCCOCC(N)=O)C2O)n1. The van der Waals surface area contributed by atoms with Gasteiger partial charge in [-0.15, -0.1) is 10.2 Å². The van der Waals surface area contributed by atoms with Gasteiger partial charge in [0, 0.05) is 50.4 Å². The fourth-order valence-electron chi connectivity index (χ4n) is 4.89. The van der Waals surface area contributed by atoms with E-state index in [1.165, 1.54) is 0 Å². The van der Waals surface area contributed by atoms with Gasteiger partial charge in [0.2, 0.25) is 11.8 Å². The second-order valence-electron chi connectivity index (χ2n) is 11.2. The first-order valence-corrected chi connectivity index (χ1v) is 15.7. The highest BCUT2D eigenvalue weighted by Gasteiger charge is 2.33. The number of rotatable bonds is 20. The molecule has 3 aromatic heterocycles. The lowest BCUT2D eigenvalue weighted by atomic mass is 10.1. The van der Waals surface area contributed by atoms with E-state index in [1.54, 1.807) is 6.33 Å². The van der Waals surface area contributed by atoms with Gasteiger partial charge in [0.1, 0.15) is 30.3 Å². The van der Waals surface area contributed by atoms with Crippen LogP contribution >= 0.6 is 0 Å². The van der Waals surface area contributed by atoms with Crippen molar-refractivity contribution in [3.63, 3.8) is 0 Å². The molecule has 16 heteroatoms. The zero-order chi connectivity index (χ0) is 33.8. The highest BCUT2D eigenvalue weighted by Crippen LogP contribution is 2.38. The maximum absolute atomic E-state index is 12.5. The predicted molar refractivity (Wildman–Crippen MR) is 174 cm³/mol. The smallest absolute Gasteiger partial charge is 0.243 e. The summed E-state index contributed by atoms with van der Waals surface area (Å²) < 4.78 is 17.7. The number of hydrogen-bond acceptors (Lipinski definition) is 13. The Morgan fingerprint density at radius 2 is 1.87 bits per heavy atom. The number of aliphatic hydroxyl groups is 1. The van der Waals surface area contributed by atoms with Crippen LogP contribution in [0.1, 0.15) is 43.8 Å². The van der Waals surface area contributed by atoms with Crippen molar-refractivity contribution in [3.8, 4) is 11.5 Å².